The predicted octanol–water partition coefficient (Wildman–Crippen LogP) is 3.47. The summed E-state index contributed by atoms with van der Waals surface area (Å²) < 4.78 is 30.3. The molecule has 1 amide bonds. The highest BCUT2D eigenvalue weighted by molar-refractivity contribution is 7.89. The summed E-state index contributed by atoms with van der Waals surface area (Å²) in [6, 6.07) is 8.14. The van der Waals surface area contributed by atoms with Crippen LogP contribution in [0.1, 0.15) is 64.6 Å². The predicted molar refractivity (Wildman–Crippen MR) is 120 cm³/mol. The SMILES string of the molecule is Cc1cc(C(=O)N2CCN(S(=O)(=O)c3ccc4c(c3)CCCC4)CC2)c(C)n1C1CC1. The van der Waals surface area contributed by atoms with Gasteiger partial charge >= 0.3 is 0 Å². The number of aromatic nitrogens is 1. The molecule has 0 atom stereocenters. The van der Waals surface area contributed by atoms with Gasteiger partial charge in [0.15, 0.2) is 0 Å². The van der Waals surface area contributed by atoms with Crippen molar-refractivity contribution in [1.29, 1.82) is 0 Å². The van der Waals surface area contributed by atoms with Gasteiger partial charge < -0.3 is 9.47 Å². The molecule has 6 nitrogen and oxygen atoms in total. The molecule has 0 N–H and O–H groups in total. The Hall–Kier alpha value is -2.12. The van der Waals surface area contributed by atoms with Crippen LogP contribution in [-0.2, 0) is 22.9 Å². The van der Waals surface area contributed by atoms with E-state index in [0.29, 0.717) is 37.1 Å². The maximum Gasteiger partial charge on any atom is 0.255 e. The fourth-order valence-electron chi connectivity index (χ4n) is 5.21. The van der Waals surface area contributed by atoms with Crippen LogP contribution in [0.2, 0.25) is 0 Å². The number of amides is 1. The monoisotopic (exact) mass is 441 g/mol. The average molecular weight is 442 g/mol. The van der Waals surface area contributed by atoms with Gasteiger partial charge in [0.2, 0.25) is 10.0 Å². The number of carbonyl (C=O) groups is 1. The summed E-state index contributed by atoms with van der Waals surface area (Å²) in [4.78, 5) is 15.4. The third-order valence-corrected chi connectivity index (χ3v) is 9.01. The van der Waals surface area contributed by atoms with Gasteiger partial charge in [0.05, 0.1) is 10.5 Å². The molecule has 1 aliphatic heterocycles. The van der Waals surface area contributed by atoms with Gasteiger partial charge in [-0.1, -0.05) is 6.07 Å². The Bertz CT molecular complexity index is 1120. The Balaban J connectivity index is 1.29. The largest absolute Gasteiger partial charge is 0.345 e. The second-order valence-corrected chi connectivity index (χ2v) is 11.2. The maximum atomic E-state index is 13.2. The molecule has 1 saturated carbocycles. The minimum absolute atomic E-state index is 0.0193. The van der Waals surface area contributed by atoms with Crippen molar-refractivity contribution in [3.05, 3.63) is 52.3 Å². The van der Waals surface area contributed by atoms with Crippen molar-refractivity contribution in [3.8, 4) is 0 Å². The number of carbonyl (C=O) groups excluding carboxylic acids is 1. The van der Waals surface area contributed by atoms with Crippen molar-refractivity contribution in [2.45, 2.75) is 63.3 Å². The lowest BCUT2D eigenvalue weighted by molar-refractivity contribution is 0.0697. The van der Waals surface area contributed by atoms with Crippen molar-refractivity contribution in [3.63, 3.8) is 0 Å². The van der Waals surface area contributed by atoms with E-state index in [0.717, 1.165) is 36.2 Å². The van der Waals surface area contributed by atoms with Gasteiger partial charge in [0.25, 0.3) is 5.91 Å². The standard InChI is InChI=1S/C24H31N3O3S/c1-17-15-23(18(2)27(17)21-8-9-21)24(28)25-11-13-26(14-12-25)31(29,30)22-10-7-19-5-3-4-6-20(19)16-22/h7,10,15-16,21H,3-6,8-9,11-14H2,1-2H3. The summed E-state index contributed by atoms with van der Waals surface area (Å²) in [5.41, 5.74) is 5.39. The van der Waals surface area contributed by atoms with Crippen LogP contribution >= 0.6 is 0 Å². The molecular weight excluding hydrogens is 410 g/mol. The summed E-state index contributed by atoms with van der Waals surface area (Å²) in [6.45, 7) is 5.62. The quantitative estimate of drug-likeness (QED) is 0.730. The number of hydrogen-bond donors (Lipinski definition) is 0. The Kier molecular flexibility index (Phi) is 5.21. The molecule has 2 heterocycles. The van der Waals surface area contributed by atoms with Crippen molar-refractivity contribution >= 4 is 15.9 Å². The Morgan fingerprint density at radius 1 is 0.935 bits per heavy atom. The smallest absolute Gasteiger partial charge is 0.255 e. The van der Waals surface area contributed by atoms with Crippen LogP contribution in [0.4, 0.5) is 0 Å². The third kappa shape index (κ3) is 3.72. The van der Waals surface area contributed by atoms with E-state index in [2.05, 4.69) is 11.5 Å². The summed E-state index contributed by atoms with van der Waals surface area (Å²) in [5.74, 6) is 0.0193. The number of benzene rings is 1. The number of aryl methyl sites for hydroxylation is 3. The van der Waals surface area contributed by atoms with E-state index in [-0.39, 0.29) is 5.91 Å². The molecule has 3 aliphatic rings. The zero-order valence-electron chi connectivity index (χ0n) is 18.4. The van der Waals surface area contributed by atoms with Crippen LogP contribution in [0.3, 0.4) is 0 Å². The molecule has 5 rings (SSSR count). The van der Waals surface area contributed by atoms with Gasteiger partial charge in [0, 0.05) is 43.6 Å². The lowest BCUT2D eigenvalue weighted by atomic mass is 9.92. The van der Waals surface area contributed by atoms with Gasteiger partial charge in [-0.15, -0.1) is 0 Å². The fourth-order valence-corrected chi connectivity index (χ4v) is 6.68. The van der Waals surface area contributed by atoms with E-state index in [1.54, 1.807) is 11.0 Å². The van der Waals surface area contributed by atoms with Crippen LogP contribution < -0.4 is 0 Å². The lowest BCUT2D eigenvalue weighted by Gasteiger charge is -2.34. The molecule has 166 valence electrons. The summed E-state index contributed by atoms with van der Waals surface area (Å²) >= 11 is 0. The van der Waals surface area contributed by atoms with E-state index >= 15 is 0 Å². The minimum atomic E-state index is -3.53. The van der Waals surface area contributed by atoms with E-state index in [1.165, 1.54) is 34.7 Å². The molecule has 2 aliphatic carbocycles. The van der Waals surface area contributed by atoms with Crippen LogP contribution in [0.25, 0.3) is 0 Å². The molecule has 0 unspecified atom stereocenters. The first-order valence-electron chi connectivity index (χ1n) is 11.5. The second kappa shape index (κ2) is 7.78. The van der Waals surface area contributed by atoms with Crippen LogP contribution in [-0.4, -0.2) is 54.3 Å². The van der Waals surface area contributed by atoms with E-state index < -0.39 is 10.0 Å². The van der Waals surface area contributed by atoms with Gasteiger partial charge in [-0.05, 0) is 81.7 Å². The van der Waals surface area contributed by atoms with Crippen molar-refractivity contribution in [2.24, 2.45) is 0 Å². The molecule has 2 fully saturated rings. The van der Waals surface area contributed by atoms with E-state index in [9.17, 15) is 13.2 Å². The number of sulfonamides is 1. The van der Waals surface area contributed by atoms with Crippen molar-refractivity contribution in [1.82, 2.24) is 13.8 Å². The highest BCUT2D eigenvalue weighted by Gasteiger charge is 2.33. The second-order valence-electron chi connectivity index (χ2n) is 9.22. The fraction of sp³-hybridized carbons (Fsp3) is 0.542. The minimum Gasteiger partial charge on any atom is -0.345 e. The zero-order valence-corrected chi connectivity index (χ0v) is 19.2. The first kappa shape index (κ1) is 20.8. The zero-order chi connectivity index (χ0) is 21.8. The lowest BCUT2D eigenvalue weighted by Crippen LogP contribution is -2.50. The van der Waals surface area contributed by atoms with E-state index in [4.69, 9.17) is 0 Å². The van der Waals surface area contributed by atoms with Crippen molar-refractivity contribution in [2.75, 3.05) is 26.2 Å². The molecular formula is C24H31N3O3S. The van der Waals surface area contributed by atoms with Gasteiger partial charge in [-0.25, -0.2) is 8.42 Å². The topological polar surface area (TPSA) is 62.6 Å². The molecule has 0 radical (unpaired) electrons. The highest BCUT2D eigenvalue weighted by atomic mass is 32.2. The normalized spacial score (nSPS) is 20.0. The summed E-state index contributed by atoms with van der Waals surface area (Å²) in [5, 5.41) is 0. The van der Waals surface area contributed by atoms with Crippen LogP contribution in [0, 0.1) is 13.8 Å². The highest BCUT2D eigenvalue weighted by Crippen LogP contribution is 2.38. The molecule has 1 aromatic carbocycles. The Labute approximate surface area is 184 Å². The number of hydrogen-bond acceptors (Lipinski definition) is 3. The molecule has 7 heteroatoms. The van der Waals surface area contributed by atoms with Crippen molar-refractivity contribution < 1.29 is 13.2 Å². The molecule has 1 aromatic heterocycles. The molecule has 31 heavy (non-hydrogen) atoms. The van der Waals surface area contributed by atoms with Crippen LogP contribution in [0.15, 0.2) is 29.2 Å². The van der Waals surface area contributed by atoms with Crippen LogP contribution in [0.5, 0.6) is 0 Å². The Morgan fingerprint density at radius 3 is 2.29 bits per heavy atom. The third-order valence-electron chi connectivity index (χ3n) is 7.11. The Morgan fingerprint density at radius 2 is 1.61 bits per heavy atom. The molecule has 0 bridgehead atoms. The number of nitrogens with zero attached hydrogens (tertiary/aromatic N) is 3. The number of fused-ring (bicyclic) bond motifs is 1. The molecule has 2 aromatic rings. The van der Waals surface area contributed by atoms with Gasteiger partial charge in [-0.2, -0.15) is 4.31 Å². The summed E-state index contributed by atoms with van der Waals surface area (Å²) in [6.07, 6.45) is 6.67. The van der Waals surface area contributed by atoms with Gasteiger partial charge in [-0.3, -0.25) is 4.79 Å². The van der Waals surface area contributed by atoms with Gasteiger partial charge in [0.1, 0.15) is 0 Å². The molecule has 0 spiro atoms. The maximum absolute atomic E-state index is 13.2. The first-order chi connectivity index (χ1) is 14.9. The molecule has 1 saturated heterocycles. The number of rotatable bonds is 4. The first-order valence-corrected chi connectivity index (χ1v) is 12.9. The summed E-state index contributed by atoms with van der Waals surface area (Å²) in [7, 11) is -3.53. The van der Waals surface area contributed by atoms with E-state index in [1.807, 2.05) is 25.1 Å². The average Bonchev–Trinajstić information content (AvgIpc) is 3.57. The number of piperazine rings is 1.